The van der Waals surface area contributed by atoms with Crippen molar-refractivity contribution in [1.29, 1.82) is 0 Å². The first-order valence-electron chi connectivity index (χ1n) is 5.27. The fraction of sp³-hybridized carbons (Fsp3) is 0.250. The molecule has 0 spiro atoms. The fourth-order valence-corrected chi connectivity index (χ4v) is 2.07. The Morgan fingerprint density at radius 3 is 2.94 bits per heavy atom. The number of aryl methyl sites for hydroxylation is 1. The van der Waals surface area contributed by atoms with Gasteiger partial charge in [-0.15, -0.1) is 11.6 Å². The van der Waals surface area contributed by atoms with E-state index in [1.807, 2.05) is 36.0 Å². The lowest BCUT2D eigenvalue weighted by molar-refractivity contribution is 0.477. The maximum absolute atomic E-state index is 5.88. The normalized spacial score (nSPS) is 10.5. The van der Waals surface area contributed by atoms with Crippen LogP contribution in [0.4, 0.5) is 0 Å². The van der Waals surface area contributed by atoms with E-state index < -0.39 is 0 Å². The van der Waals surface area contributed by atoms with Crippen molar-refractivity contribution in [3.8, 4) is 11.5 Å². The number of nitrogens with zero attached hydrogens (tertiary/aromatic N) is 2. The number of ether oxygens (including phenoxy) is 1. The minimum atomic E-state index is 0.413. The topological polar surface area (TPSA) is 27.1 Å². The summed E-state index contributed by atoms with van der Waals surface area (Å²) in [5.74, 6) is 1.90. The van der Waals surface area contributed by atoms with Crippen LogP contribution in [0.15, 0.2) is 35.1 Å². The molecule has 0 saturated carbocycles. The lowest BCUT2D eigenvalue weighted by atomic mass is 10.2. The first-order valence-corrected chi connectivity index (χ1v) is 6.60. The van der Waals surface area contributed by atoms with E-state index in [1.165, 1.54) is 0 Å². The number of benzene rings is 1. The maximum Gasteiger partial charge on any atom is 0.165 e. The molecular weight excluding hydrogens is 304 g/mol. The average Bonchev–Trinajstić information content (AvgIpc) is 2.79. The van der Waals surface area contributed by atoms with E-state index in [-0.39, 0.29) is 0 Å². The minimum absolute atomic E-state index is 0.413. The second-order valence-corrected chi connectivity index (χ2v) is 4.70. The third-order valence-corrected chi connectivity index (χ3v) is 3.11. The van der Waals surface area contributed by atoms with Gasteiger partial charge in [-0.1, -0.05) is 15.9 Å². The highest BCUT2D eigenvalue weighted by molar-refractivity contribution is 9.10. The van der Waals surface area contributed by atoms with Gasteiger partial charge in [0.1, 0.15) is 5.75 Å². The van der Waals surface area contributed by atoms with Gasteiger partial charge in [-0.25, -0.2) is 0 Å². The van der Waals surface area contributed by atoms with E-state index in [9.17, 15) is 0 Å². The average molecular weight is 316 g/mol. The smallest absolute Gasteiger partial charge is 0.165 e. The van der Waals surface area contributed by atoms with E-state index >= 15 is 0 Å². The van der Waals surface area contributed by atoms with Gasteiger partial charge in [-0.3, -0.25) is 4.68 Å². The van der Waals surface area contributed by atoms with Crippen molar-refractivity contribution in [3.05, 3.63) is 40.6 Å². The number of aromatic nitrogens is 2. The van der Waals surface area contributed by atoms with Crippen LogP contribution in [0.25, 0.3) is 0 Å². The zero-order valence-corrected chi connectivity index (χ0v) is 11.7. The summed E-state index contributed by atoms with van der Waals surface area (Å²) in [4.78, 5) is 0. The van der Waals surface area contributed by atoms with E-state index in [0.29, 0.717) is 5.88 Å². The Balaban J connectivity index is 2.23. The van der Waals surface area contributed by atoms with Crippen molar-refractivity contribution in [1.82, 2.24) is 9.78 Å². The third-order valence-electron chi connectivity index (χ3n) is 2.33. The van der Waals surface area contributed by atoms with Gasteiger partial charge >= 0.3 is 0 Å². The van der Waals surface area contributed by atoms with Crippen molar-refractivity contribution in [2.24, 2.45) is 0 Å². The van der Waals surface area contributed by atoms with Gasteiger partial charge in [-0.2, -0.15) is 5.10 Å². The quantitative estimate of drug-likeness (QED) is 0.791. The Kier molecular flexibility index (Phi) is 4.07. The van der Waals surface area contributed by atoms with E-state index in [2.05, 4.69) is 21.0 Å². The highest BCUT2D eigenvalue weighted by Crippen LogP contribution is 2.28. The molecule has 90 valence electrons. The van der Waals surface area contributed by atoms with Crippen LogP contribution >= 0.6 is 27.5 Å². The Hall–Kier alpha value is -1.00. The van der Waals surface area contributed by atoms with E-state index in [4.69, 9.17) is 16.3 Å². The summed E-state index contributed by atoms with van der Waals surface area (Å²) in [6.07, 6.45) is 3.56. The van der Waals surface area contributed by atoms with Gasteiger partial charge in [0.05, 0.1) is 18.3 Å². The predicted octanol–water partition coefficient (Wildman–Crippen LogP) is 4.20. The number of alkyl halides is 1. The Morgan fingerprint density at radius 2 is 2.29 bits per heavy atom. The van der Waals surface area contributed by atoms with Crippen molar-refractivity contribution in [3.63, 3.8) is 0 Å². The molecule has 0 N–H and O–H groups in total. The number of hydrogen-bond donors (Lipinski definition) is 0. The molecule has 0 radical (unpaired) electrons. The third kappa shape index (κ3) is 3.01. The first kappa shape index (κ1) is 12.5. The van der Waals surface area contributed by atoms with Crippen molar-refractivity contribution in [2.75, 3.05) is 0 Å². The van der Waals surface area contributed by atoms with Crippen LogP contribution in [0.2, 0.25) is 0 Å². The monoisotopic (exact) mass is 314 g/mol. The Bertz CT molecular complexity index is 513. The van der Waals surface area contributed by atoms with Crippen LogP contribution in [0, 0.1) is 0 Å². The summed E-state index contributed by atoms with van der Waals surface area (Å²) in [6, 6.07) is 5.77. The lowest BCUT2D eigenvalue weighted by Crippen LogP contribution is -1.92. The van der Waals surface area contributed by atoms with Crippen molar-refractivity contribution < 1.29 is 4.74 Å². The summed E-state index contributed by atoms with van der Waals surface area (Å²) in [6.45, 7) is 2.85. The van der Waals surface area contributed by atoms with Crippen LogP contribution in [0.5, 0.6) is 11.5 Å². The van der Waals surface area contributed by atoms with Crippen LogP contribution in [0.1, 0.15) is 12.5 Å². The highest BCUT2D eigenvalue weighted by Gasteiger charge is 2.06. The van der Waals surface area contributed by atoms with Gasteiger partial charge in [-0.05, 0) is 25.1 Å². The number of rotatable bonds is 4. The van der Waals surface area contributed by atoms with Crippen LogP contribution in [-0.4, -0.2) is 9.78 Å². The van der Waals surface area contributed by atoms with Gasteiger partial charge in [0.25, 0.3) is 0 Å². The zero-order chi connectivity index (χ0) is 12.3. The van der Waals surface area contributed by atoms with Crippen LogP contribution in [-0.2, 0) is 12.4 Å². The molecule has 2 rings (SSSR count). The Labute approximate surface area is 113 Å². The minimum Gasteiger partial charge on any atom is -0.454 e. The second kappa shape index (κ2) is 5.56. The fourth-order valence-electron chi connectivity index (χ4n) is 1.45. The SMILES string of the molecule is CCn1cc(Oc2ccc(Br)cc2CCl)cn1. The van der Waals surface area contributed by atoms with Gasteiger partial charge in [0.2, 0.25) is 0 Å². The second-order valence-electron chi connectivity index (χ2n) is 3.52. The molecular formula is C12H12BrClN2O. The molecule has 0 aliphatic rings. The Morgan fingerprint density at radius 1 is 1.47 bits per heavy atom. The zero-order valence-electron chi connectivity index (χ0n) is 9.36. The summed E-state index contributed by atoms with van der Waals surface area (Å²) < 4.78 is 8.55. The molecule has 2 aromatic rings. The molecule has 5 heteroatoms. The molecule has 0 aliphatic carbocycles. The molecule has 0 bridgehead atoms. The largest absolute Gasteiger partial charge is 0.454 e. The van der Waals surface area contributed by atoms with Crippen LogP contribution < -0.4 is 4.74 Å². The molecule has 1 aromatic heterocycles. The molecule has 0 saturated heterocycles. The van der Waals surface area contributed by atoms with Crippen molar-refractivity contribution >= 4 is 27.5 Å². The molecule has 1 aromatic carbocycles. The van der Waals surface area contributed by atoms with E-state index in [0.717, 1.165) is 28.1 Å². The summed E-state index contributed by atoms with van der Waals surface area (Å²) in [7, 11) is 0. The van der Waals surface area contributed by atoms with Gasteiger partial charge < -0.3 is 4.74 Å². The highest BCUT2D eigenvalue weighted by atomic mass is 79.9. The molecule has 0 amide bonds. The first-order chi connectivity index (χ1) is 8.22. The predicted molar refractivity (Wildman–Crippen MR) is 71.7 cm³/mol. The summed E-state index contributed by atoms with van der Waals surface area (Å²) in [5.41, 5.74) is 0.949. The molecule has 17 heavy (non-hydrogen) atoms. The van der Waals surface area contributed by atoms with E-state index in [1.54, 1.807) is 6.20 Å². The molecule has 0 unspecified atom stereocenters. The molecule has 3 nitrogen and oxygen atoms in total. The number of halogens is 2. The van der Waals surface area contributed by atoms with Crippen molar-refractivity contribution in [2.45, 2.75) is 19.3 Å². The molecule has 0 aliphatic heterocycles. The van der Waals surface area contributed by atoms with Gasteiger partial charge in [0, 0.05) is 16.6 Å². The molecule has 0 fully saturated rings. The standard InChI is InChI=1S/C12H12BrClN2O/c1-2-16-8-11(7-15-16)17-12-4-3-10(13)5-9(12)6-14/h3-5,7-8H,2,6H2,1H3. The molecule has 1 heterocycles. The van der Waals surface area contributed by atoms with Crippen LogP contribution in [0.3, 0.4) is 0 Å². The maximum atomic E-state index is 5.88. The summed E-state index contributed by atoms with van der Waals surface area (Å²) >= 11 is 9.29. The number of hydrogen-bond acceptors (Lipinski definition) is 2. The lowest BCUT2D eigenvalue weighted by Gasteiger charge is -2.07. The summed E-state index contributed by atoms with van der Waals surface area (Å²) in [5, 5.41) is 4.15. The van der Waals surface area contributed by atoms with Gasteiger partial charge in [0.15, 0.2) is 5.75 Å². The molecule has 0 atom stereocenters.